The lowest BCUT2D eigenvalue weighted by Gasteiger charge is -2.32. The molecule has 1 heterocycles. The van der Waals surface area contributed by atoms with Crippen molar-refractivity contribution in [3.8, 4) is 0 Å². The highest BCUT2D eigenvalue weighted by atomic mass is 16.5. The van der Waals surface area contributed by atoms with E-state index in [9.17, 15) is 14.4 Å². The summed E-state index contributed by atoms with van der Waals surface area (Å²) in [6, 6.07) is -0.837. The SMILES string of the molecule is CCOC(=O)c1[nH]c(C)c(C(=O)C(C)N(C(=O)COC)C(C)C)c1C. The summed E-state index contributed by atoms with van der Waals surface area (Å²) in [5, 5.41) is 0. The van der Waals surface area contributed by atoms with Gasteiger partial charge in [-0.05, 0) is 47.1 Å². The smallest absolute Gasteiger partial charge is 0.355 e. The number of aromatic amines is 1. The first-order chi connectivity index (χ1) is 11.7. The van der Waals surface area contributed by atoms with Gasteiger partial charge in [-0.25, -0.2) is 4.79 Å². The van der Waals surface area contributed by atoms with Crippen LogP contribution in [0.25, 0.3) is 0 Å². The third kappa shape index (κ3) is 4.48. The molecule has 7 heteroatoms. The molecule has 1 aromatic rings. The van der Waals surface area contributed by atoms with Gasteiger partial charge in [0.25, 0.3) is 0 Å². The van der Waals surface area contributed by atoms with Gasteiger partial charge >= 0.3 is 5.97 Å². The third-order valence-corrected chi connectivity index (χ3v) is 4.07. The Bertz CT molecular complexity index is 648. The molecule has 0 aromatic carbocycles. The van der Waals surface area contributed by atoms with Crippen LogP contribution in [0.5, 0.6) is 0 Å². The third-order valence-electron chi connectivity index (χ3n) is 4.07. The van der Waals surface area contributed by atoms with Gasteiger partial charge in [0.15, 0.2) is 5.78 Å². The molecule has 0 bridgehead atoms. The number of esters is 1. The summed E-state index contributed by atoms with van der Waals surface area (Å²) in [5.41, 5.74) is 1.82. The summed E-state index contributed by atoms with van der Waals surface area (Å²) in [6.07, 6.45) is 0. The van der Waals surface area contributed by atoms with Gasteiger partial charge in [-0.2, -0.15) is 0 Å². The first kappa shape index (κ1) is 20.9. The second-order valence-electron chi connectivity index (χ2n) is 6.21. The Hall–Kier alpha value is -2.15. The molecular weight excluding hydrogens is 324 g/mol. The van der Waals surface area contributed by atoms with Crippen LogP contribution in [0.1, 0.15) is 59.8 Å². The monoisotopic (exact) mass is 352 g/mol. The predicted molar refractivity (Wildman–Crippen MR) is 93.9 cm³/mol. The first-order valence-corrected chi connectivity index (χ1v) is 8.37. The van der Waals surface area contributed by atoms with Crippen molar-refractivity contribution in [2.75, 3.05) is 20.3 Å². The molecule has 1 amide bonds. The van der Waals surface area contributed by atoms with Gasteiger partial charge in [-0.3, -0.25) is 9.59 Å². The predicted octanol–water partition coefficient (Wildman–Crippen LogP) is 2.26. The number of rotatable bonds is 8. The molecule has 0 spiro atoms. The quantitative estimate of drug-likeness (QED) is 0.573. The highest BCUT2D eigenvalue weighted by molar-refractivity contribution is 6.06. The fourth-order valence-electron chi connectivity index (χ4n) is 3.01. The number of nitrogens with zero attached hydrogens (tertiary/aromatic N) is 1. The van der Waals surface area contributed by atoms with Crippen molar-refractivity contribution in [3.05, 3.63) is 22.5 Å². The van der Waals surface area contributed by atoms with Crippen molar-refractivity contribution in [1.29, 1.82) is 0 Å². The van der Waals surface area contributed by atoms with E-state index < -0.39 is 12.0 Å². The minimum Gasteiger partial charge on any atom is -0.461 e. The number of hydrogen-bond donors (Lipinski definition) is 1. The fourth-order valence-corrected chi connectivity index (χ4v) is 3.01. The van der Waals surface area contributed by atoms with Crippen LogP contribution in [-0.2, 0) is 14.3 Å². The highest BCUT2D eigenvalue weighted by Gasteiger charge is 2.32. The summed E-state index contributed by atoms with van der Waals surface area (Å²) in [6.45, 7) is 10.7. The van der Waals surface area contributed by atoms with E-state index in [0.717, 1.165) is 0 Å². The van der Waals surface area contributed by atoms with Gasteiger partial charge in [-0.15, -0.1) is 0 Å². The molecule has 140 valence electrons. The second-order valence-corrected chi connectivity index (χ2v) is 6.21. The lowest BCUT2D eigenvalue weighted by Crippen LogP contribution is -2.48. The van der Waals surface area contributed by atoms with Gasteiger partial charge < -0.3 is 19.4 Å². The Labute approximate surface area is 148 Å². The number of ketones is 1. The maximum atomic E-state index is 13.0. The van der Waals surface area contributed by atoms with Crippen LogP contribution in [0.3, 0.4) is 0 Å². The van der Waals surface area contributed by atoms with E-state index in [1.807, 2.05) is 13.8 Å². The maximum absolute atomic E-state index is 13.0. The zero-order chi connectivity index (χ0) is 19.3. The lowest BCUT2D eigenvalue weighted by molar-refractivity contribution is -0.138. The molecule has 0 radical (unpaired) electrons. The molecule has 1 N–H and O–H groups in total. The molecule has 1 rings (SSSR count). The Kier molecular flexibility index (Phi) is 7.36. The molecule has 0 fully saturated rings. The van der Waals surface area contributed by atoms with Crippen molar-refractivity contribution < 1.29 is 23.9 Å². The Morgan fingerprint density at radius 3 is 2.24 bits per heavy atom. The van der Waals surface area contributed by atoms with Gasteiger partial charge in [0.05, 0.1) is 12.6 Å². The summed E-state index contributed by atoms with van der Waals surface area (Å²) in [4.78, 5) is 41.8. The minimum absolute atomic E-state index is 0.0883. The van der Waals surface area contributed by atoms with Gasteiger partial charge in [-0.1, -0.05) is 0 Å². The normalized spacial score (nSPS) is 12.2. The zero-order valence-electron chi connectivity index (χ0n) is 16.1. The molecule has 0 aliphatic rings. The summed E-state index contributed by atoms with van der Waals surface area (Å²) in [7, 11) is 1.44. The molecule has 25 heavy (non-hydrogen) atoms. The van der Waals surface area contributed by atoms with E-state index >= 15 is 0 Å². The Morgan fingerprint density at radius 1 is 1.16 bits per heavy atom. The van der Waals surface area contributed by atoms with E-state index in [1.165, 1.54) is 12.0 Å². The average molecular weight is 352 g/mol. The van der Waals surface area contributed by atoms with Crippen LogP contribution in [0.15, 0.2) is 0 Å². The first-order valence-electron chi connectivity index (χ1n) is 8.37. The molecular formula is C18H28N2O5. The van der Waals surface area contributed by atoms with E-state index in [2.05, 4.69) is 4.98 Å². The second kappa shape index (κ2) is 8.80. The van der Waals surface area contributed by atoms with Crippen LogP contribution < -0.4 is 0 Å². The number of methoxy groups -OCH3 is 1. The topological polar surface area (TPSA) is 88.7 Å². The number of H-pyrrole nitrogens is 1. The Balaban J connectivity index is 3.21. The van der Waals surface area contributed by atoms with Crippen LogP contribution in [-0.4, -0.2) is 60.0 Å². The highest BCUT2D eigenvalue weighted by Crippen LogP contribution is 2.23. The van der Waals surface area contributed by atoms with E-state index in [4.69, 9.17) is 9.47 Å². The Morgan fingerprint density at radius 2 is 1.76 bits per heavy atom. The van der Waals surface area contributed by atoms with Crippen molar-refractivity contribution in [3.63, 3.8) is 0 Å². The number of nitrogens with one attached hydrogen (secondary N) is 1. The van der Waals surface area contributed by atoms with Crippen LogP contribution >= 0.6 is 0 Å². The molecule has 1 aromatic heterocycles. The molecule has 1 unspecified atom stereocenters. The number of carbonyl (C=O) groups excluding carboxylic acids is 3. The van der Waals surface area contributed by atoms with Crippen molar-refractivity contribution >= 4 is 17.7 Å². The maximum Gasteiger partial charge on any atom is 0.355 e. The zero-order valence-corrected chi connectivity index (χ0v) is 16.1. The van der Waals surface area contributed by atoms with Gasteiger partial charge in [0.2, 0.25) is 5.91 Å². The summed E-state index contributed by atoms with van der Waals surface area (Å²) in [5.74, 6) is -0.972. The largest absolute Gasteiger partial charge is 0.461 e. The molecule has 1 atom stereocenters. The van der Waals surface area contributed by atoms with Crippen molar-refractivity contribution in [1.82, 2.24) is 9.88 Å². The fraction of sp³-hybridized carbons (Fsp3) is 0.611. The van der Waals surface area contributed by atoms with E-state index in [1.54, 1.807) is 27.7 Å². The standard InChI is InChI=1S/C18H28N2O5/c1-8-25-18(23)16-11(4)15(12(5)19-16)17(22)13(6)20(10(2)3)14(21)9-24-7/h10,13,19H,8-9H2,1-7H3. The average Bonchev–Trinajstić information content (AvgIpc) is 2.81. The van der Waals surface area contributed by atoms with Crippen LogP contribution in [0.4, 0.5) is 0 Å². The molecule has 0 saturated heterocycles. The number of hydrogen-bond acceptors (Lipinski definition) is 5. The van der Waals surface area contributed by atoms with Crippen LogP contribution in [0, 0.1) is 13.8 Å². The molecule has 7 nitrogen and oxygen atoms in total. The number of Topliss-reactive ketones (excluding diaryl/α,β-unsaturated/α-hetero) is 1. The summed E-state index contributed by atoms with van der Waals surface area (Å²) >= 11 is 0. The molecule has 0 aliphatic carbocycles. The lowest BCUT2D eigenvalue weighted by atomic mass is 9.99. The number of amides is 1. The molecule has 0 aliphatic heterocycles. The number of ether oxygens (including phenoxy) is 2. The minimum atomic E-state index is -0.675. The van der Waals surface area contributed by atoms with Crippen LogP contribution in [0.2, 0.25) is 0 Å². The number of aromatic nitrogens is 1. The van der Waals surface area contributed by atoms with Crippen molar-refractivity contribution in [2.45, 2.75) is 53.6 Å². The van der Waals surface area contributed by atoms with E-state index in [0.29, 0.717) is 16.8 Å². The van der Waals surface area contributed by atoms with Gasteiger partial charge in [0.1, 0.15) is 12.3 Å². The van der Waals surface area contributed by atoms with E-state index in [-0.39, 0.29) is 36.6 Å². The van der Waals surface area contributed by atoms with Crippen molar-refractivity contribution in [2.24, 2.45) is 0 Å². The summed E-state index contributed by atoms with van der Waals surface area (Å²) < 4.78 is 9.92. The molecule has 0 saturated carbocycles. The number of aryl methyl sites for hydroxylation is 1. The number of carbonyl (C=O) groups is 3. The van der Waals surface area contributed by atoms with Gasteiger partial charge in [0, 0.05) is 24.4 Å².